The average molecular weight is 466 g/mol. The van der Waals surface area contributed by atoms with E-state index in [9.17, 15) is 18.0 Å². The van der Waals surface area contributed by atoms with Crippen LogP contribution >= 0.6 is 0 Å². The lowest BCUT2D eigenvalue weighted by Crippen LogP contribution is -2.41. The highest BCUT2D eigenvalue weighted by Gasteiger charge is 2.29. The molecule has 1 aliphatic rings. The molecule has 1 saturated heterocycles. The highest BCUT2D eigenvalue weighted by molar-refractivity contribution is 5.76. The highest BCUT2D eigenvalue weighted by atomic mass is 19.4. The van der Waals surface area contributed by atoms with E-state index < -0.39 is 12.8 Å². The summed E-state index contributed by atoms with van der Waals surface area (Å²) in [5.41, 5.74) is 3.22. The summed E-state index contributed by atoms with van der Waals surface area (Å²) >= 11 is 0. The van der Waals surface area contributed by atoms with Gasteiger partial charge in [0.05, 0.1) is 7.11 Å². The molecule has 1 amide bonds. The molecule has 0 unspecified atom stereocenters. The molecule has 0 radical (unpaired) electrons. The lowest BCUT2D eigenvalue weighted by molar-refractivity contribution is -0.153. The molecule has 1 heterocycles. The second kappa shape index (κ2) is 10.8. The Labute approximate surface area is 192 Å². The standard InChI is InChI=1S/C25H30F3NO4/c1-17-4-7-21(14-18(17)2)33-20-10-12-29(13-11-20)24(30)9-6-19-5-8-22(23(15-19)31-3)32-16-25(26,27)28/h4-5,7-8,14-15,20H,6,9-13,16H2,1-3H3. The topological polar surface area (TPSA) is 48.0 Å². The number of hydrogen-bond acceptors (Lipinski definition) is 4. The van der Waals surface area contributed by atoms with Gasteiger partial charge in [0.1, 0.15) is 11.9 Å². The summed E-state index contributed by atoms with van der Waals surface area (Å²) in [6.07, 6.45) is -2.00. The van der Waals surface area contributed by atoms with Crippen LogP contribution in [0.15, 0.2) is 36.4 Å². The molecule has 0 N–H and O–H groups in total. The minimum absolute atomic E-state index is 0.0238. The Balaban J connectivity index is 1.46. The summed E-state index contributed by atoms with van der Waals surface area (Å²) in [6.45, 7) is 4.02. The summed E-state index contributed by atoms with van der Waals surface area (Å²) in [6, 6.07) is 10.8. The van der Waals surface area contributed by atoms with Crippen molar-refractivity contribution in [1.29, 1.82) is 0 Å². The zero-order chi connectivity index (χ0) is 24.0. The zero-order valence-corrected chi connectivity index (χ0v) is 19.2. The molecule has 3 rings (SSSR count). The molecule has 0 spiro atoms. The van der Waals surface area contributed by atoms with Crippen molar-refractivity contribution in [3.05, 3.63) is 53.1 Å². The number of aryl methyl sites for hydroxylation is 3. The number of carbonyl (C=O) groups is 1. The molecule has 180 valence electrons. The van der Waals surface area contributed by atoms with Crippen LogP contribution in [-0.2, 0) is 11.2 Å². The molecule has 0 atom stereocenters. The Kier molecular flexibility index (Phi) is 8.10. The number of hydrogen-bond donors (Lipinski definition) is 0. The fraction of sp³-hybridized carbons (Fsp3) is 0.480. The fourth-order valence-corrected chi connectivity index (χ4v) is 3.76. The van der Waals surface area contributed by atoms with Crippen LogP contribution in [0.4, 0.5) is 13.2 Å². The third kappa shape index (κ3) is 7.30. The van der Waals surface area contributed by atoms with E-state index in [2.05, 4.69) is 13.8 Å². The monoisotopic (exact) mass is 465 g/mol. The molecular formula is C25H30F3NO4. The number of halogens is 3. The van der Waals surface area contributed by atoms with Gasteiger partial charge in [0.15, 0.2) is 18.1 Å². The molecule has 5 nitrogen and oxygen atoms in total. The van der Waals surface area contributed by atoms with Gasteiger partial charge in [-0.25, -0.2) is 0 Å². The van der Waals surface area contributed by atoms with Gasteiger partial charge in [0.25, 0.3) is 0 Å². The van der Waals surface area contributed by atoms with Gasteiger partial charge in [-0.2, -0.15) is 13.2 Å². The maximum Gasteiger partial charge on any atom is 0.422 e. The smallest absolute Gasteiger partial charge is 0.422 e. The summed E-state index contributed by atoms with van der Waals surface area (Å²) in [7, 11) is 1.37. The van der Waals surface area contributed by atoms with Gasteiger partial charge in [-0.3, -0.25) is 4.79 Å². The minimum Gasteiger partial charge on any atom is -0.493 e. The van der Waals surface area contributed by atoms with Crippen molar-refractivity contribution in [2.24, 2.45) is 0 Å². The van der Waals surface area contributed by atoms with E-state index in [1.807, 2.05) is 23.1 Å². The van der Waals surface area contributed by atoms with Crippen molar-refractivity contribution in [2.45, 2.75) is 51.8 Å². The van der Waals surface area contributed by atoms with Crippen LogP contribution in [0.25, 0.3) is 0 Å². The lowest BCUT2D eigenvalue weighted by atomic mass is 10.0. The van der Waals surface area contributed by atoms with Gasteiger partial charge in [-0.1, -0.05) is 12.1 Å². The second-order valence-corrected chi connectivity index (χ2v) is 8.33. The summed E-state index contributed by atoms with van der Waals surface area (Å²) in [5, 5.41) is 0. The van der Waals surface area contributed by atoms with Gasteiger partial charge >= 0.3 is 6.18 Å². The van der Waals surface area contributed by atoms with Gasteiger partial charge in [0, 0.05) is 32.4 Å². The first kappa shape index (κ1) is 24.7. The van der Waals surface area contributed by atoms with E-state index in [1.54, 1.807) is 12.1 Å². The number of benzene rings is 2. The van der Waals surface area contributed by atoms with Gasteiger partial charge in [-0.05, 0) is 61.2 Å². The summed E-state index contributed by atoms with van der Waals surface area (Å²) < 4.78 is 53.2. The minimum atomic E-state index is -4.42. The normalized spacial score (nSPS) is 14.8. The van der Waals surface area contributed by atoms with Crippen molar-refractivity contribution < 1.29 is 32.2 Å². The SMILES string of the molecule is COc1cc(CCC(=O)N2CCC(Oc3ccc(C)c(C)c3)CC2)ccc1OCC(F)(F)F. The maximum atomic E-state index is 12.7. The number of rotatable bonds is 8. The third-order valence-corrected chi connectivity index (χ3v) is 5.82. The van der Waals surface area contributed by atoms with Gasteiger partial charge in [-0.15, -0.1) is 0 Å². The predicted octanol–water partition coefficient (Wildman–Crippen LogP) is 5.26. The highest BCUT2D eigenvalue weighted by Crippen LogP contribution is 2.30. The van der Waals surface area contributed by atoms with E-state index in [0.29, 0.717) is 25.9 Å². The zero-order valence-electron chi connectivity index (χ0n) is 19.2. The maximum absolute atomic E-state index is 12.7. The van der Waals surface area contributed by atoms with Crippen molar-refractivity contribution >= 4 is 5.91 Å². The van der Waals surface area contributed by atoms with E-state index in [-0.39, 0.29) is 23.5 Å². The van der Waals surface area contributed by atoms with Crippen LogP contribution in [-0.4, -0.2) is 49.9 Å². The molecule has 2 aromatic carbocycles. The largest absolute Gasteiger partial charge is 0.493 e. The number of piperidine rings is 1. The molecule has 8 heteroatoms. The Morgan fingerprint density at radius 1 is 1.03 bits per heavy atom. The molecule has 0 bridgehead atoms. The number of ether oxygens (including phenoxy) is 3. The molecular weight excluding hydrogens is 435 g/mol. The number of likely N-dealkylation sites (tertiary alicyclic amines) is 1. The van der Waals surface area contributed by atoms with Crippen LogP contribution in [0.1, 0.15) is 36.0 Å². The Hall–Kier alpha value is -2.90. The molecule has 1 fully saturated rings. The van der Waals surface area contributed by atoms with E-state index >= 15 is 0 Å². The Morgan fingerprint density at radius 3 is 2.39 bits per heavy atom. The first-order valence-corrected chi connectivity index (χ1v) is 11.0. The molecule has 1 aliphatic heterocycles. The second-order valence-electron chi connectivity index (χ2n) is 8.33. The molecule has 0 saturated carbocycles. The first-order chi connectivity index (χ1) is 15.6. The number of carbonyl (C=O) groups excluding carboxylic acids is 1. The van der Waals surface area contributed by atoms with Crippen molar-refractivity contribution in [3.63, 3.8) is 0 Å². The van der Waals surface area contributed by atoms with Crippen LogP contribution in [0.5, 0.6) is 17.2 Å². The van der Waals surface area contributed by atoms with E-state index in [1.165, 1.54) is 24.3 Å². The molecule has 33 heavy (non-hydrogen) atoms. The van der Waals surface area contributed by atoms with E-state index in [4.69, 9.17) is 14.2 Å². The summed E-state index contributed by atoms with van der Waals surface area (Å²) in [4.78, 5) is 14.5. The van der Waals surface area contributed by atoms with Gasteiger partial charge < -0.3 is 19.1 Å². The molecule has 0 aliphatic carbocycles. The Bertz CT molecular complexity index is 953. The fourth-order valence-electron chi connectivity index (χ4n) is 3.76. The van der Waals surface area contributed by atoms with Gasteiger partial charge in [0.2, 0.25) is 5.91 Å². The van der Waals surface area contributed by atoms with Crippen LogP contribution < -0.4 is 14.2 Å². The lowest BCUT2D eigenvalue weighted by Gasteiger charge is -2.32. The summed E-state index contributed by atoms with van der Waals surface area (Å²) in [5.74, 6) is 1.15. The van der Waals surface area contributed by atoms with Crippen LogP contribution in [0.2, 0.25) is 0 Å². The average Bonchev–Trinajstić information content (AvgIpc) is 2.78. The van der Waals surface area contributed by atoms with Crippen LogP contribution in [0, 0.1) is 13.8 Å². The van der Waals surface area contributed by atoms with E-state index in [0.717, 1.165) is 24.2 Å². The van der Waals surface area contributed by atoms with Crippen molar-refractivity contribution in [2.75, 3.05) is 26.8 Å². The predicted molar refractivity (Wildman–Crippen MR) is 119 cm³/mol. The number of methoxy groups -OCH3 is 1. The Morgan fingerprint density at radius 2 is 1.76 bits per heavy atom. The first-order valence-electron chi connectivity index (χ1n) is 11.0. The number of alkyl halides is 3. The van der Waals surface area contributed by atoms with Crippen molar-refractivity contribution in [1.82, 2.24) is 4.90 Å². The third-order valence-electron chi connectivity index (χ3n) is 5.82. The molecule has 2 aromatic rings. The van der Waals surface area contributed by atoms with Crippen LogP contribution in [0.3, 0.4) is 0 Å². The quantitative estimate of drug-likeness (QED) is 0.534. The number of amides is 1. The molecule has 0 aromatic heterocycles. The van der Waals surface area contributed by atoms with Crippen molar-refractivity contribution in [3.8, 4) is 17.2 Å². The number of nitrogens with zero attached hydrogens (tertiary/aromatic N) is 1.